The molecule has 0 saturated carbocycles. The molecule has 1 saturated heterocycles. The Hall–Kier alpha value is -4.00. The zero-order chi connectivity index (χ0) is 23.8. The first-order valence-corrected chi connectivity index (χ1v) is 11.3. The number of rotatable bonds is 3. The van der Waals surface area contributed by atoms with Gasteiger partial charge in [0.2, 0.25) is 0 Å². The van der Waals surface area contributed by atoms with Gasteiger partial charge in [0.25, 0.3) is 11.8 Å². The zero-order valence-electron chi connectivity index (χ0n) is 19.1. The number of piperazine rings is 1. The van der Waals surface area contributed by atoms with Crippen LogP contribution in [0.4, 0.5) is 4.39 Å². The van der Waals surface area contributed by atoms with Crippen molar-refractivity contribution in [1.29, 1.82) is 0 Å². The highest BCUT2D eigenvalue weighted by Gasteiger charge is 2.26. The van der Waals surface area contributed by atoms with E-state index in [0.29, 0.717) is 37.4 Å². The summed E-state index contributed by atoms with van der Waals surface area (Å²) in [7, 11) is 0. The van der Waals surface area contributed by atoms with Gasteiger partial charge in [0.15, 0.2) is 0 Å². The van der Waals surface area contributed by atoms with Crippen molar-refractivity contribution in [3.8, 4) is 11.1 Å². The molecule has 0 aliphatic carbocycles. The van der Waals surface area contributed by atoms with E-state index in [1.807, 2.05) is 32.0 Å². The second-order valence-electron chi connectivity index (χ2n) is 8.71. The summed E-state index contributed by atoms with van der Waals surface area (Å²) >= 11 is 0. The van der Waals surface area contributed by atoms with Crippen LogP contribution < -0.4 is 0 Å². The van der Waals surface area contributed by atoms with Crippen molar-refractivity contribution in [2.24, 2.45) is 0 Å². The maximum atomic E-state index is 13.1. The molecule has 0 radical (unpaired) electrons. The molecule has 2 amide bonds. The van der Waals surface area contributed by atoms with E-state index in [9.17, 15) is 14.0 Å². The van der Waals surface area contributed by atoms with E-state index in [1.165, 1.54) is 24.3 Å². The van der Waals surface area contributed by atoms with Crippen LogP contribution in [-0.4, -0.2) is 57.8 Å². The lowest BCUT2D eigenvalue weighted by atomic mass is 10.0. The molecule has 34 heavy (non-hydrogen) atoms. The average molecular weight is 457 g/mol. The number of carbonyl (C=O) groups is 2. The maximum Gasteiger partial charge on any atom is 0.270 e. The van der Waals surface area contributed by atoms with Gasteiger partial charge in [-0.1, -0.05) is 6.07 Å². The van der Waals surface area contributed by atoms with Crippen LogP contribution in [0.3, 0.4) is 0 Å². The lowest BCUT2D eigenvalue weighted by molar-refractivity contribution is 0.0533. The quantitative estimate of drug-likeness (QED) is 0.491. The first-order valence-electron chi connectivity index (χ1n) is 11.3. The summed E-state index contributed by atoms with van der Waals surface area (Å²) in [4.78, 5) is 36.9. The molecule has 0 atom stereocenters. The number of hydrogen-bond acceptors (Lipinski definition) is 3. The molecule has 5 rings (SSSR count). The van der Waals surface area contributed by atoms with Crippen LogP contribution in [0.5, 0.6) is 0 Å². The Morgan fingerprint density at radius 2 is 1.41 bits per heavy atom. The van der Waals surface area contributed by atoms with E-state index in [2.05, 4.69) is 28.2 Å². The molecule has 0 spiro atoms. The van der Waals surface area contributed by atoms with Gasteiger partial charge >= 0.3 is 0 Å². The minimum absolute atomic E-state index is 0.0813. The maximum absolute atomic E-state index is 13.1. The molecule has 1 aliphatic rings. The third-order valence-corrected chi connectivity index (χ3v) is 6.21. The van der Waals surface area contributed by atoms with E-state index in [-0.39, 0.29) is 17.6 Å². The fourth-order valence-electron chi connectivity index (χ4n) is 4.49. The molecule has 172 valence electrons. The molecule has 7 heteroatoms. The fourth-order valence-corrected chi connectivity index (χ4v) is 4.49. The standard InChI is InChI=1S/C27H25FN4O2/c1-17-13-21(14-18(2)29-17)20-5-8-24-22(15-20)16-25(30-24)27(34)32-11-9-31(10-12-32)26(33)19-3-6-23(28)7-4-19/h3-8,13-16,30H,9-12H2,1-2H3. The van der Waals surface area contributed by atoms with Crippen LogP contribution in [0.15, 0.2) is 60.7 Å². The summed E-state index contributed by atoms with van der Waals surface area (Å²) in [6.45, 7) is 5.73. The van der Waals surface area contributed by atoms with Gasteiger partial charge in [-0.3, -0.25) is 14.6 Å². The third-order valence-electron chi connectivity index (χ3n) is 6.21. The lowest BCUT2D eigenvalue weighted by Crippen LogP contribution is -2.50. The van der Waals surface area contributed by atoms with Crippen molar-refractivity contribution in [3.63, 3.8) is 0 Å². The van der Waals surface area contributed by atoms with Crippen LogP contribution in [0.1, 0.15) is 32.2 Å². The Morgan fingerprint density at radius 3 is 2.06 bits per heavy atom. The minimum atomic E-state index is -0.372. The number of amides is 2. The number of H-pyrrole nitrogens is 1. The monoisotopic (exact) mass is 456 g/mol. The number of nitrogens with one attached hydrogen (secondary N) is 1. The van der Waals surface area contributed by atoms with Crippen LogP contribution in [-0.2, 0) is 0 Å². The van der Waals surface area contributed by atoms with Crippen LogP contribution in [0.2, 0.25) is 0 Å². The largest absolute Gasteiger partial charge is 0.351 e. The fraction of sp³-hybridized carbons (Fsp3) is 0.222. The van der Waals surface area contributed by atoms with Gasteiger partial charge in [-0.05, 0) is 79.6 Å². The number of carbonyl (C=O) groups excluding carboxylic acids is 2. The number of aromatic nitrogens is 2. The number of aryl methyl sites for hydroxylation is 2. The van der Waals surface area contributed by atoms with Crippen molar-refractivity contribution in [1.82, 2.24) is 19.8 Å². The molecule has 3 heterocycles. The predicted octanol–water partition coefficient (Wildman–Crippen LogP) is 4.58. The summed E-state index contributed by atoms with van der Waals surface area (Å²) in [5, 5.41) is 0.970. The Kier molecular flexibility index (Phi) is 5.61. The molecule has 1 N–H and O–H groups in total. The van der Waals surface area contributed by atoms with Gasteiger partial charge in [0.05, 0.1) is 0 Å². The van der Waals surface area contributed by atoms with E-state index in [1.54, 1.807) is 9.80 Å². The minimum Gasteiger partial charge on any atom is -0.351 e. The van der Waals surface area contributed by atoms with Crippen LogP contribution in [0.25, 0.3) is 22.0 Å². The van der Waals surface area contributed by atoms with E-state index < -0.39 is 0 Å². The van der Waals surface area contributed by atoms with Gasteiger partial charge in [0.1, 0.15) is 11.5 Å². The average Bonchev–Trinajstić information content (AvgIpc) is 3.26. The number of nitrogens with zero attached hydrogens (tertiary/aromatic N) is 3. The molecular weight excluding hydrogens is 431 g/mol. The lowest BCUT2D eigenvalue weighted by Gasteiger charge is -2.34. The highest BCUT2D eigenvalue weighted by molar-refractivity contribution is 5.99. The molecule has 4 aromatic rings. The summed E-state index contributed by atoms with van der Waals surface area (Å²) in [5.41, 5.74) is 6.00. The van der Waals surface area contributed by atoms with Crippen molar-refractivity contribution in [2.75, 3.05) is 26.2 Å². The topological polar surface area (TPSA) is 69.3 Å². The van der Waals surface area contributed by atoms with Gasteiger partial charge in [-0.15, -0.1) is 0 Å². The second-order valence-corrected chi connectivity index (χ2v) is 8.71. The first kappa shape index (κ1) is 21.8. The summed E-state index contributed by atoms with van der Waals surface area (Å²) in [6.07, 6.45) is 0. The molecular formula is C27H25FN4O2. The van der Waals surface area contributed by atoms with Gasteiger partial charge in [-0.2, -0.15) is 0 Å². The third kappa shape index (κ3) is 4.29. The zero-order valence-corrected chi connectivity index (χ0v) is 19.1. The molecule has 2 aromatic heterocycles. The van der Waals surface area contributed by atoms with Gasteiger partial charge < -0.3 is 14.8 Å². The highest BCUT2D eigenvalue weighted by atomic mass is 19.1. The number of benzene rings is 2. The van der Waals surface area contributed by atoms with Crippen LogP contribution >= 0.6 is 0 Å². The van der Waals surface area contributed by atoms with E-state index >= 15 is 0 Å². The summed E-state index contributed by atoms with van der Waals surface area (Å²) in [6, 6.07) is 17.7. The molecule has 0 bridgehead atoms. The van der Waals surface area contributed by atoms with E-state index in [0.717, 1.165) is 33.4 Å². The Balaban J connectivity index is 1.29. The second kappa shape index (κ2) is 8.74. The van der Waals surface area contributed by atoms with Crippen molar-refractivity contribution in [2.45, 2.75) is 13.8 Å². The number of hydrogen-bond donors (Lipinski definition) is 1. The molecule has 6 nitrogen and oxygen atoms in total. The number of halogens is 1. The summed E-state index contributed by atoms with van der Waals surface area (Å²) in [5.74, 6) is -0.600. The number of pyridine rings is 1. The first-order chi connectivity index (χ1) is 16.4. The normalized spacial score (nSPS) is 14.0. The van der Waals surface area contributed by atoms with Crippen molar-refractivity contribution >= 4 is 22.7 Å². The molecule has 1 fully saturated rings. The summed E-state index contributed by atoms with van der Waals surface area (Å²) < 4.78 is 13.1. The molecule has 2 aromatic carbocycles. The SMILES string of the molecule is Cc1cc(-c2ccc3[nH]c(C(=O)N4CCN(C(=O)c5ccc(F)cc5)CC4)cc3c2)cc(C)n1. The van der Waals surface area contributed by atoms with Gasteiger partial charge in [-0.25, -0.2) is 4.39 Å². The molecule has 0 unspecified atom stereocenters. The predicted molar refractivity (Wildman–Crippen MR) is 129 cm³/mol. The van der Waals surface area contributed by atoms with Crippen molar-refractivity contribution in [3.05, 3.63) is 89.1 Å². The molecule has 1 aliphatic heterocycles. The van der Waals surface area contributed by atoms with Crippen molar-refractivity contribution < 1.29 is 14.0 Å². The Morgan fingerprint density at radius 1 is 0.794 bits per heavy atom. The number of fused-ring (bicyclic) bond motifs is 1. The number of aromatic amines is 1. The van der Waals surface area contributed by atoms with E-state index in [4.69, 9.17) is 0 Å². The van der Waals surface area contributed by atoms with Gasteiger partial charge in [0, 0.05) is 54.0 Å². The Bertz CT molecular complexity index is 1370. The van der Waals surface area contributed by atoms with Crippen LogP contribution in [0, 0.1) is 19.7 Å². The highest BCUT2D eigenvalue weighted by Crippen LogP contribution is 2.26. The smallest absolute Gasteiger partial charge is 0.270 e. The Labute approximate surface area is 197 Å².